The van der Waals surface area contributed by atoms with Gasteiger partial charge in [0.05, 0.1) is 37.4 Å². The van der Waals surface area contributed by atoms with Gasteiger partial charge in [-0.1, -0.05) is 11.8 Å². The van der Waals surface area contributed by atoms with Crippen molar-refractivity contribution in [3.63, 3.8) is 0 Å². The standard InChI is InChI=1S/C26H30N2O5S2/c1-5-31-24(29)13-21-14-27-26(35-21)22-11-17-10-19(33-18-6-8-20(34-4)9-7-18)12-23(25(17)28-22)32-16(2)15-30-3/h6-12,16,21,28H,5,13-15H2,1-4H3. The van der Waals surface area contributed by atoms with Crippen LogP contribution in [0.3, 0.4) is 0 Å². The second-order valence-electron chi connectivity index (χ2n) is 8.12. The van der Waals surface area contributed by atoms with Gasteiger partial charge < -0.3 is 23.9 Å². The first-order valence-electron chi connectivity index (χ1n) is 11.5. The van der Waals surface area contributed by atoms with Crippen molar-refractivity contribution in [1.82, 2.24) is 4.98 Å². The van der Waals surface area contributed by atoms with Crippen LogP contribution in [0.4, 0.5) is 0 Å². The molecule has 1 N–H and O–H groups in total. The molecule has 2 atom stereocenters. The van der Waals surface area contributed by atoms with Gasteiger partial charge in [-0.15, -0.1) is 11.8 Å². The fourth-order valence-corrected chi connectivity index (χ4v) is 5.27. The minimum atomic E-state index is -0.187. The van der Waals surface area contributed by atoms with Crippen molar-refractivity contribution in [2.45, 2.75) is 36.5 Å². The van der Waals surface area contributed by atoms with E-state index in [0.29, 0.717) is 37.7 Å². The third-order valence-electron chi connectivity index (χ3n) is 5.34. The number of carbonyl (C=O) groups is 1. The Morgan fingerprint density at radius 2 is 2.03 bits per heavy atom. The predicted molar refractivity (Wildman–Crippen MR) is 143 cm³/mol. The minimum Gasteiger partial charge on any atom is -0.486 e. The zero-order valence-corrected chi connectivity index (χ0v) is 22.0. The van der Waals surface area contributed by atoms with Crippen molar-refractivity contribution < 1.29 is 23.7 Å². The Labute approximate surface area is 214 Å². The van der Waals surface area contributed by atoms with Crippen LogP contribution >= 0.6 is 23.5 Å². The Kier molecular flexibility index (Phi) is 8.64. The van der Waals surface area contributed by atoms with Crippen molar-refractivity contribution in [3.8, 4) is 17.2 Å². The number of carbonyl (C=O) groups excluding carboxylic acids is 1. The van der Waals surface area contributed by atoms with Crippen LogP contribution in [-0.2, 0) is 14.3 Å². The SMILES string of the molecule is CCOC(=O)CC1CN=C(c2cc3cc(Oc4ccc(SC)cc4)cc(OC(C)COC)c3[nH]2)S1. The Bertz CT molecular complexity index is 1190. The quantitative estimate of drug-likeness (QED) is 0.252. The monoisotopic (exact) mass is 514 g/mol. The number of aliphatic imine (C=N–C) groups is 1. The van der Waals surface area contributed by atoms with Crippen molar-refractivity contribution in [3.05, 3.63) is 48.2 Å². The molecule has 2 aromatic carbocycles. The summed E-state index contributed by atoms with van der Waals surface area (Å²) in [6, 6.07) is 13.9. The molecule has 0 radical (unpaired) electrons. The largest absolute Gasteiger partial charge is 0.486 e. The van der Waals surface area contributed by atoms with Gasteiger partial charge in [0.25, 0.3) is 0 Å². The van der Waals surface area contributed by atoms with Gasteiger partial charge in [-0.2, -0.15) is 0 Å². The molecule has 2 heterocycles. The summed E-state index contributed by atoms with van der Waals surface area (Å²) in [5.41, 5.74) is 1.76. The maximum absolute atomic E-state index is 11.9. The van der Waals surface area contributed by atoms with Crippen LogP contribution in [0.15, 0.2) is 52.4 Å². The number of aromatic nitrogens is 1. The van der Waals surface area contributed by atoms with E-state index >= 15 is 0 Å². The number of ether oxygens (including phenoxy) is 4. The van der Waals surface area contributed by atoms with E-state index in [1.54, 1.807) is 30.6 Å². The van der Waals surface area contributed by atoms with E-state index in [0.717, 1.165) is 27.4 Å². The molecule has 3 aromatic rings. The molecule has 35 heavy (non-hydrogen) atoms. The molecule has 1 aliphatic heterocycles. The molecule has 0 aliphatic carbocycles. The van der Waals surface area contributed by atoms with Gasteiger partial charge >= 0.3 is 5.97 Å². The van der Waals surface area contributed by atoms with Crippen LogP contribution in [0.2, 0.25) is 0 Å². The van der Waals surface area contributed by atoms with Crippen LogP contribution in [0.5, 0.6) is 17.2 Å². The molecule has 186 valence electrons. The lowest BCUT2D eigenvalue weighted by atomic mass is 10.2. The number of thioether (sulfide) groups is 2. The number of esters is 1. The van der Waals surface area contributed by atoms with E-state index in [1.165, 1.54) is 4.90 Å². The highest BCUT2D eigenvalue weighted by Crippen LogP contribution is 2.37. The Balaban J connectivity index is 1.59. The van der Waals surface area contributed by atoms with Crippen molar-refractivity contribution in [2.75, 3.05) is 33.1 Å². The molecule has 1 aliphatic rings. The first-order valence-corrected chi connectivity index (χ1v) is 13.6. The third-order valence-corrected chi connectivity index (χ3v) is 7.30. The van der Waals surface area contributed by atoms with E-state index in [2.05, 4.69) is 9.98 Å². The molecule has 0 spiro atoms. The number of rotatable bonds is 11. The predicted octanol–water partition coefficient (Wildman–Crippen LogP) is 5.91. The van der Waals surface area contributed by atoms with Gasteiger partial charge in [-0.05, 0) is 56.5 Å². The minimum absolute atomic E-state index is 0.0797. The Hall–Kier alpha value is -2.62. The number of nitrogens with one attached hydrogen (secondary N) is 1. The van der Waals surface area contributed by atoms with Gasteiger partial charge in [-0.25, -0.2) is 0 Å². The van der Waals surface area contributed by atoms with Crippen molar-refractivity contribution >= 4 is 45.4 Å². The summed E-state index contributed by atoms with van der Waals surface area (Å²) < 4.78 is 22.7. The average molecular weight is 515 g/mol. The maximum atomic E-state index is 11.9. The summed E-state index contributed by atoms with van der Waals surface area (Å²) in [5.74, 6) is 1.93. The summed E-state index contributed by atoms with van der Waals surface area (Å²) in [5, 5.41) is 1.91. The number of hydrogen-bond donors (Lipinski definition) is 1. The molecule has 0 saturated heterocycles. The topological polar surface area (TPSA) is 82.1 Å². The van der Waals surface area contributed by atoms with Gasteiger partial charge in [0.1, 0.15) is 28.4 Å². The lowest BCUT2D eigenvalue weighted by Gasteiger charge is -2.16. The van der Waals surface area contributed by atoms with Crippen LogP contribution in [0, 0.1) is 0 Å². The van der Waals surface area contributed by atoms with Crippen LogP contribution < -0.4 is 9.47 Å². The lowest BCUT2D eigenvalue weighted by Crippen LogP contribution is -2.18. The smallest absolute Gasteiger partial charge is 0.306 e. The van der Waals surface area contributed by atoms with Crippen LogP contribution in [-0.4, -0.2) is 60.5 Å². The fraction of sp³-hybridized carbons (Fsp3) is 0.385. The number of H-pyrrole nitrogens is 1. The molecule has 9 heteroatoms. The second-order valence-corrected chi connectivity index (χ2v) is 10.3. The number of aromatic amines is 1. The highest BCUT2D eigenvalue weighted by Gasteiger charge is 2.25. The first kappa shape index (κ1) is 25.5. The molecule has 0 fully saturated rings. The normalized spacial score (nSPS) is 16.2. The molecule has 4 rings (SSSR count). The van der Waals surface area contributed by atoms with Crippen molar-refractivity contribution in [2.24, 2.45) is 4.99 Å². The molecule has 0 bridgehead atoms. The van der Waals surface area contributed by atoms with Crippen molar-refractivity contribution in [1.29, 1.82) is 0 Å². The van der Waals surface area contributed by atoms with Gasteiger partial charge in [0, 0.05) is 28.7 Å². The first-order chi connectivity index (χ1) is 17.0. The second kappa shape index (κ2) is 11.9. The molecular weight excluding hydrogens is 484 g/mol. The summed E-state index contributed by atoms with van der Waals surface area (Å²) in [6.45, 7) is 5.22. The molecular formula is C26H30N2O5S2. The van der Waals surface area contributed by atoms with E-state index in [-0.39, 0.29) is 17.3 Å². The number of hydrogen-bond acceptors (Lipinski definition) is 8. The van der Waals surface area contributed by atoms with Crippen LogP contribution in [0.1, 0.15) is 26.0 Å². The highest BCUT2D eigenvalue weighted by molar-refractivity contribution is 8.15. The summed E-state index contributed by atoms with van der Waals surface area (Å²) in [6.07, 6.45) is 2.25. The number of benzene rings is 2. The molecule has 0 amide bonds. The summed E-state index contributed by atoms with van der Waals surface area (Å²) in [4.78, 5) is 21.2. The van der Waals surface area contributed by atoms with Gasteiger partial charge in [-0.3, -0.25) is 9.79 Å². The molecule has 7 nitrogen and oxygen atoms in total. The van der Waals surface area contributed by atoms with E-state index in [9.17, 15) is 4.79 Å². The summed E-state index contributed by atoms with van der Waals surface area (Å²) in [7, 11) is 1.65. The lowest BCUT2D eigenvalue weighted by molar-refractivity contribution is -0.143. The summed E-state index contributed by atoms with van der Waals surface area (Å²) >= 11 is 3.28. The number of methoxy groups -OCH3 is 1. The number of fused-ring (bicyclic) bond motifs is 1. The Morgan fingerprint density at radius 1 is 1.23 bits per heavy atom. The van der Waals surface area contributed by atoms with E-state index in [4.69, 9.17) is 18.9 Å². The molecule has 0 saturated carbocycles. The van der Waals surface area contributed by atoms with E-state index < -0.39 is 0 Å². The zero-order valence-electron chi connectivity index (χ0n) is 20.3. The fourth-order valence-electron chi connectivity index (χ4n) is 3.79. The molecule has 1 aromatic heterocycles. The van der Waals surface area contributed by atoms with E-state index in [1.807, 2.05) is 62.6 Å². The third kappa shape index (κ3) is 6.54. The molecule has 2 unspecified atom stereocenters. The zero-order chi connectivity index (χ0) is 24.8. The Morgan fingerprint density at radius 3 is 2.74 bits per heavy atom. The highest BCUT2D eigenvalue weighted by atomic mass is 32.2. The number of nitrogens with zero attached hydrogens (tertiary/aromatic N) is 1. The van der Waals surface area contributed by atoms with Gasteiger partial charge in [0.15, 0.2) is 0 Å². The van der Waals surface area contributed by atoms with Crippen LogP contribution in [0.25, 0.3) is 10.9 Å². The maximum Gasteiger partial charge on any atom is 0.306 e. The average Bonchev–Trinajstić information content (AvgIpc) is 3.47. The van der Waals surface area contributed by atoms with Gasteiger partial charge in [0.2, 0.25) is 0 Å².